The highest BCUT2D eigenvalue weighted by Crippen LogP contribution is 2.25. The van der Waals surface area contributed by atoms with E-state index in [0.29, 0.717) is 13.2 Å². The predicted octanol–water partition coefficient (Wildman–Crippen LogP) is 1.10. The van der Waals surface area contributed by atoms with Crippen molar-refractivity contribution in [2.45, 2.75) is 6.17 Å². The van der Waals surface area contributed by atoms with Crippen LogP contribution in [0.5, 0.6) is 0 Å². The minimum Gasteiger partial charge on any atom is -0.373 e. The summed E-state index contributed by atoms with van der Waals surface area (Å²) >= 11 is 0. The van der Waals surface area contributed by atoms with E-state index in [1.54, 1.807) is 0 Å². The standard InChI is InChI=1S/C12H13N3O/c13-11-7-16-6-8-5-14-10-4-2-1-3-9(10)12(8)15-11/h1-5,11,14H,6-7,13H2. The summed E-state index contributed by atoms with van der Waals surface area (Å²) in [5.41, 5.74) is 10.0. The Morgan fingerprint density at radius 2 is 2.25 bits per heavy atom. The fraction of sp³-hybridized carbons (Fsp3) is 0.250. The number of rotatable bonds is 0. The van der Waals surface area contributed by atoms with Crippen LogP contribution in [0.15, 0.2) is 41.0 Å². The van der Waals surface area contributed by atoms with E-state index >= 15 is 0 Å². The number of fused-ring (bicyclic) bond motifs is 3. The molecule has 2 aliphatic rings. The Hall–Kier alpha value is -1.65. The van der Waals surface area contributed by atoms with Crippen LogP contribution < -0.4 is 11.1 Å². The van der Waals surface area contributed by atoms with Gasteiger partial charge in [0.25, 0.3) is 0 Å². The number of hydrogen-bond acceptors (Lipinski definition) is 4. The number of nitrogens with one attached hydrogen (secondary N) is 1. The predicted molar refractivity (Wildman–Crippen MR) is 63.5 cm³/mol. The van der Waals surface area contributed by atoms with E-state index in [4.69, 9.17) is 10.5 Å². The Kier molecular flexibility index (Phi) is 2.23. The fourth-order valence-electron chi connectivity index (χ4n) is 1.98. The van der Waals surface area contributed by atoms with Gasteiger partial charge in [-0.2, -0.15) is 0 Å². The molecule has 16 heavy (non-hydrogen) atoms. The van der Waals surface area contributed by atoms with Gasteiger partial charge in [0.1, 0.15) is 6.17 Å². The van der Waals surface area contributed by atoms with Crippen molar-refractivity contribution < 1.29 is 4.74 Å². The van der Waals surface area contributed by atoms with Crippen LogP contribution in [0.3, 0.4) is 0 Å². The summed E-state index contributed by atoms with van der Waals surface area (Å²) in [6.07, 6.45) is 1.67. The summed E-state index contributed by atoms with van der Waals surface area (Å²) in [6.45, 7) is 1.04. The molecule has 1 aromatic rings. The van der Waals surface area contributed by atoms with E-state index in [1.807, 2.05) is 30.5 Å². The lowest BCUT2D eigenvalue weighted by Gasteiger charge is -2.19. The summed E-state index contributed by atoms with van der Waals surface area (Å²) in [5, 5.41) is 3.24. The molecule has 4 nitrogen and oxygen atoms in total. The first-order chi connectivity index (χ1) is 7.84. The third-order valence-corrected chi connectivity index (χ3v) is 2.73. The lowest BCUT2D eigenvalue weighted by Crippen LogP contribution is -2.23. The number of hydrogen-bond donors (Lipinski definition) is 2. The van der Waals surface area contributed by atoms with Crippen LogP contribution in [0.4, 0.5) is 5.69 Å². The Morgan fingerprint density at radius 3 is 3.19 bits per heavy atom. The second-order valence-electron chi connectivity index (χ2n) is 3.92. The van der Waals surface area contributed by atoms with Crippen LogP contribution in [0.1, 0.15) is 5.56 Å². The van der Waals surface area contributed by atoms with Crippen LogP contribution in [-0.4, -0.2) is 25.1 Å². The zero-order valence-electron chi connectivity index (χ0n) is 8.81. The van der Waals surface area contributed by atoms with Gasteiger partial charge in [-0.05, 0) is 6.07 Å². The third kappa shape index (κ3) is 1.52. The van der Waals surface area contributed by atoms with Crippen molar-refractivity contribution in [3.63, 3.8) is 0 Å². The molecule has 0 aliphatic carbocycles. The molecule has 3 N–H and O–H groups in total. The monoisotopic (exact) mass is 215 g/mol. The minimum atomic E-state index is -0.271. The quantitative estimate of drug-likeness (QED) is 0.681. The smallest absolute Gasteiger partial charge is 0.121 e. The summed E-state index contributed by atoms with van der Waals surface area (Å²) < 4.78 is 5.44. The van der Waals surface area contributed by atoms with Gasteiger partial charge < -0.3 is 15.8 Å². The number of nitrogens with zero attached hydrogens (tertiary/aromatic N) is 1. The van der Waals surface area contributed by atoms with Crippen molar-refractivity contribution >= 4 is 11.4 Å². The summed E-state index contributed by atoms with van der Waals surface area (Å²) in [5.74, 6) is 0. The zero-order chi connectivity index (χ0) is 11.0. The molecule has 0 fully saturated rings. The molecule has 2 aliphatic heterocycles. The van der Waals surface area contributed by atoms with Gasteiger partial charge in [-0.25, -0.2) is 0 Å². The zero-order valence-corrected chi connectivity index (χ0v) is 8.81. The number of ether oxygens (including phenoxy) is 1. The van der Waals surface area contributed by atoms with Gasteiger partial charge in [0.15, 0.2) is 0 Å². The molecule has 0 saturated carbocycles. The summed E-state index contributed by atoms with van der Waals surface area (Å²) in [4.78, 5) is 4.50. The molecule has 1 aromatic carbocycles. The van der Waals surface area contributed by atoms with Crippen LogP contribution in [0, 0.1) is 0 Å². The topological polar surface area (TPSA) is 59.6 Å². The Balaban J connectivity index is 2.13. The first-order valence-corrected chi connectivity index (χ1v) is 5.31. The van der Waals surface area contributed by atoms with Gasteiger partial charge in [0.2, 0.25) is 0 Å². The van der Waals surface area contributed by atoms with Crippen molar-refractivity contribution in [3.8, 4) is 0 Å². The average Bonchev–Trinajstić information content (AvgIpc) is 2.50. The van der Waals surface area contributed by atoms with Crippen molar-refractivity contribution in [1.29, 1.82) is 0 Å². The van der Waals surface area contributed by atoms with Gasteiger partial charge in [-0.1, -0.05) is 18.2 Å². The van der Waals surface area contributed by atoms with Gasteiger partial charge in [-0.15, -0.1) is 0 Å². The second-order valence-corrected chi connectivity index (χ2v) is 3.92. The Morgan fingerprint density at radius 1 is 1.38 bits per heavy atom. The van der Waals surface area contributed by atoms with Gasteiger partial charge in [-0.3, -0.25) is 4.99 Å². The molecule has 0 saturated heterocycles. The van der Waals surface area contributed by atoms with Crippen molar-refractivity contribution in [3.05, 3.63) is 41.6 Å². The van der Waals surface area contributed by atoms with E-state index in [0.717, 1.165) is 22.5 Å². The summed E-state index contributed by atoms with van der Waals surface area (Å²) in [7, 11) is 0. The fourth-order valence-corrected chi connectivity index (χ4v) is 1.98. The van der Waals surface area contributed by atoms with Crippen LogP contribution in [0.25, 0.3) is 0 Å². The molecule has 1 atom stereocenters. The van der Waals surface area contributed by atoms with E-state index in [1.165, 1.54) is 0 Å². The van der Waals surface area contributed by atoms with Crippen molar-refractivity contribution in [1.82, 2.24) is 0 Å². The molecule has 0 radical (unpaired) electrons. The molecule has 82 valence electrons. The maximum atomic E-state index is 5.84. The van der Waals surface area contributed by atoms with Crippen molar-refractivity contribution in [2.24, 2.45) is 10.7 Å². The molecule has 4 heteroatoms. The molecule has 2 heterocycles. The van der Waals surface area contributed by atoms with Crippen LogP contribution >= 0.6 is 0 Å². The third-order valence-electron chi connectivity index (χ3n) is 2.73. The maximum absolute atomic E-state index is 5.84. The minimum absolute atomic E-state index is 0.271. The van der Waals surface area contributed by atoms with Crippen LogP contribution in [-0.2, 0) is 4.74 Å². The largest absolute Gasteiger partial charge is 0.373 e. The Labute approximate surface area is 93.8 Å². The normalized spacial score (nSPS) is 23.2. The van der Waals surface area contributed by atoms with Gasteiger partial charge in [0.05, 0.1) is 18.9 Å². The number of nitrogens with two attached hydrogens (primary N) is 1. The van der Waals surface area contributed by atoms with E-state index in [-0.39, 0.29) is 6.17 Å². The number of anilines is 1. The first kappa shape index (κ1) is 9.57. The van der Waals surface area contributed by atoms with E-state index in [2.05, 4.69) is 10.3 Å². The molecule has 0 amide bonds. The molecule has 3 rings (SSSR count). The first-order valence-electron chi connectivity index (χ1n) is 5.31. The van der Waals surface area contributed by atoms with Crippen molar-refractivity contribution in [2.75, 3.05) is 18.5 Å². The van der Waals surface area contributed by atoms with Gasteiger partial charge >= 0.3 is 0 Å². The van der Waals surface area contributed by atoms with Crippen LogP contribution in [0.2, 0.25) is 0 Å². The second kappa shape index (κ2) is 3.73. The Bertz CT molecular complexity index is 479. The molecular weight excluding hydrogens is 202 g/mol. The highest BCUT2D eigenvalue weighted by molar-refractivity contribution is 6.17. The maximum Gasteiger partial charge on any atom is 0.121 e. The lowest BCUT2D eigenvalue weighted by atomic mass is 9.99. The molecule has 0 spiro atoms. The SMILES string of the molecule is NC1COCC2=CNc3ccccc3C2=N1. The number of aliphatic imine (C=N–C) groups is 1. The molecule has 1 unspecified atom stereocenters. The van der Waals surface area contributed by atoms with E-state index in [9.17, 15) is 0 Å². The number of para-hydroxylation sites is 1. The highest BCUT2D eigenvalue weighted by Gasteiger charge is 2.21. The lowest BCUT2D eigenvalue weighted by molar-refractivity contribution is 0.150. The van der Waals surface area contributed by atoms with E-state index < -0.39 is 0 Å². The molecule has 0 bridgehead atoms. The molecular formula is C12H13N3O. The number of benzene rings is 1. The summed E-state index contributed by atoms with van der Waals surface area (Å²) in [6, 6.07) is 8.08. The molecule has 0 aromatic heterocycles. The average molecular weight is 215 g/mol. The highest BCUT2D eigenvalue weighted by atomic mass is 16.5. The van der Waals surface area contributed by atoms with Gasteiger partial charge in [0, 0.05) is 23.0 Å².